The number of nitrogens with one attached hydrogen (secondary N) is 1. The number of carbonyl (C=O) groups is 2. The number of rotatable bonds is 10. The number of carboxylic acids is 1. The second-order valence-electron chi connectivity index (χ2n) is 9.11. The van der Waals surface area contributed by atoms with Gasteiger partial charge in [-0.15, -0.1) is 0 Å². The van der Waals surface area contributed by atoms with E-state index in [2.05, 4.69) is 10.3 Å². The van der Waals surface area contributed by atoms with E-state index in [1.54, 1.807) is 24.4 Å². The predicted molar refractivity (Wildman–Crippen MR) is 148 cm³/mol. The van der Waals surface area contributed by atoms with Gasteiger partial charge in [0, 0.05) is 23.3 Å². The van der Waals surface area contributed by atoms with Gasteiger partial charge in [-0.25, -0.2) is 13.2 Å². The molecule has 13 heteroatoms. The fraction of sp³-hybridized carbons (Fsp3) is 0.138. The Morgan fingerprint density at radius 1 is 0.905 bits per heavy atom. The van der Waals surface area contributed by atoms with Gasteiger partial charge in [-0.1, -0.05) is 41.9 Å². The Morgan fingerprint density at radius 2 is 1.55 bits per heavy atom. The summed E-state index contributed by atoms with van der Waals surface area (Å²) < 4.78 is 66.8. The van der Waals surface area contributed by atoms with Crippen LogP contribution in [0, 0.1) is 0 Å². The molecule has 0 saturated carbocycles. The Labute approximate surface area is 244 Å². The Kier molecular flexibility index (Phi) is 9.30. The Bertz CT molecular complexity index is 1650. The van der Waals surface area contributed by atoms with Gasteiger partial charge in [0.05, 0.1) is 22.7 Å². The van der Waals surface area contributed by atoms with Crippen molar-refractivity contribution in [2.75, 3.05) is 0 Å². The number of hydrogen-bond donors (Lipinski definition) is 2. The quantitative estimate of drug-likeness (QED) is 0.236. The largest absolute Gasteiger partial charge is 0.479 e. The lowest BCUT2D eigenvalue weighted by Gasteiger charge is -2.22. The molecule has 1 amide bonds. The van der Waals surface area contributed by atoms with Crippen molar-refractivity contribution in [1.29, 1.82) is 0 Å². The van der Waals surface area contributed by atoms with Gasteiger partial charge < -0.3 is 10.4 Å². The smallest absolute Gasteiger partial charge is 0.416 e. The molecule has 8 nitrogen and oxygen atoms in total. The highest BCUT2D eigenvalue weighted by Gasteiger charge is 2.31. The van der Waals surface area contributed by atoms with Crippen LogP contribution < -0.4 is 5.32 Å². The van der Waals surface area contributed by atoms with Crippen LogP contribution in [0.1, 0.15) is 38.8 Å². The predicted octanol–water partition coefficient (Wildman–Crippen LogP) is 5.70. The molecule has 3 aromatic carbocycles. The van der Waals surface area contributed by atoms with Crippen LogP contribution in [0.25, 0.3) is 0 Å². The molecule has 1 atom stereocenters. The molecule has 0 radical (unpaired) electrons. The number of halogens is 4. The number of nitrogens with zero attached hydrogens (tertiary/aromatic N) is 2. The fourth-order valence-electron chi connectivity index (χ4n) is 3.99. The minimum absolute atomic E-state index is 0.0295. The highest BCUT2D eigenvalue weighted by Crippen LogP contribution is 2.30. The van der Waals surface area contributed by atoms with Crippen molar-refractivity contribution in [1.82, 2.24) is 14.6 Å². The Morgan fingerprint density at radius 3 is 2.10 bits per heavy atom. The monoisotopic (exact) mass is 617 g/mol. The van der Waals surface area contributed by atoms with Crippen LogP contribution in [0.4, 0.5) is 13.2 Å². The first-order chi connectivity index (χ1) is 19.8. The molecule has 0 spiro atoms. The highest BCUT2D eigenvalue weighted by atomic mass is 35.5. The third-order valence-corrected chi connectivity index (χ3v) is 8.24. The summed E-state index contributed by atoms with van der Waals surface area (Å²) in [4.78, 5) is 28.9. The maximum atomic E-state index is 13.5. The average Bonchev–Trinajstić information content (AvgIpc) is 2.96. The van der Waals surface area contributed by atoms with E-state index in [0.717, 1.165) is 24.3 Å². The average molecular weight is 618 g/mol. The minimum atomic E-state index is -4.59. The Hall–Kier alpha value is -4.26. The molecule has 1 unspecified atom stereocenters. The summed E-state index contributed by atoms with van der Waals surface area (Å²) in [5.74, 6) is -2.25. The number of pyridine rings is 1. The molecule has 4 rings (SSSR count). The summed E-state index contributed by atoms with van der Waals surface area (Å²) in [7, 11) is -3.99. The molecule has 4 aromatic rings. The molecule has 0 fully saturated rings. The second kappa shape index (κ2) is 12.7. The number of hydrogen-bond acceptors (Lipinski definition) is 5. The number of carboxylic acid groups (broad SMARTS) is 1. The van der Waals surface area contributed by atoms with E-state index in [1.165, 1.54) is 52.8 Å². The molecular weight excluding hydrogens is 595 g/mol. The molecule has 42 heavy (non-hydrogen) atoms. The van der Waals surface area contributed by atoms with E-state index in [1.807, 2.05) is 0 Å². The molecule has 0 aliphatic rings. The van der Waals surface area contributed by atoms with Gasteiger partial charge in [-0.3, -0.25) is 9.78 Å². The summed E-state index contributed by atoms with van der Waals surface area (Å²) >= 11 is 5.92. The van der Waals surface area contributed by atoms with Crippen molar-refractivity contribution in [3.05, 3.63) is 130 Å². The van der Waals surface area contributed by atoms with Crippen LogP contribution in [0.2, 0.25) is 5.02 Å². The first-order valence-electron chi connectivity index (χ1n) is 12.3. The van der Waals surface area contributed by atoms with Crippen molar-refractivity contribution in [3.8, 4) is 0 Å². The van der Waals surface area contributed by atoms with Gasteiger partial charge >= 0.3 is 12.1 Å². The summed E-state index contributed by atoms with van der Waals surface area (Å²) in [6.45, 7) is -0.117. The summed E-state index contributed by atoms with van der Waals surface area (Å²) in [5, 5.41) is 12.3. The SMILES string of the molecule is O=C(NC(C(=O)O)c1ccc(C(F)(F)F)cc1)c1ccc(CN(Cc2ccccn2)S(=O)(=O)c2ccc(Cl)cc2)cc1. The van der Waals surface area contributed by atoms with Crippen molar-refractivity contribution in [2.45, 2.75) is 30.2 Å². The van der Waals surface area contributed by atoms with Gasteiger partial charge in [0.1, 0.15) is 0 Å². The number of benzene rings is 3. The van der Waals surface area contributed by atoms with Gasteiger partial charge in [-0.05, 0) is 71.8 Å². The molecule has 218 valence electrons. The molecule has 0 bridgehead atoms. The molecule has 1 aromatic heterocycles. The van der Waals surface area contributed by atoms with E-state index < -0.39 is 39.7 Å². The highest BCUT2D eigenvalue weighted by molar-refractivity contribution is 7.89. The zero-order valence-electron chi connectivity index (χ0n) is 21.6. The standard InChI is InChI=1S/C29H23ClF3N3O5S/c30-23-12-14-25(15-13-23)42(40,41)36(18-24-3-1-2-16-34-24)17-19-4-6-21(7-5-19)27(37)35-26(28(38)39)20-8-10-22(11-9-20)29(31,32)33/h1-16,26H,17-18H2,(H,35,37)(H,38,39). The fourth-order valence-corrected chi connectivity index (χ4v) is 5.51. The minimum Gasteiger partial charge on any atom is -0.479 e. The van der Waals surface area contributed by atoms with Crippen molar-refractivity contribution in [3.63, 3.8) is 0 Å². The molecule has 2 N–H and O–H groups in total. The zero-order valence-corrected chi connectivity index (χ0v) is 23.2. The van der Waals surface area contributed by atoms with E-state index in [-0.39, 0.29) is 29.1 Å². The summed E-state index contributed by atoms with van der Waals surface area (Å²) in [6, 6.07) is 18.5. The molecule has 1 heterocycles. The zero-order chi connectivity index (χ0) is 30.5. The molecular formula is C29H23ClF3N3O5S. The van der Waals surface area contributed by atoms with Gasteiger partial charge in [-0.2, -0.15) is 17.5 Å². The number of carbonyl (C=O) groups excluding carboxylic acids is 1. The van der Waals surface area contributed by atoms with E-state index in [0.29, 0.717) is 16.3 Å². The lowest BCUT2D eigenvalue weighted by molar-refractivity contribution is -0.139. The normalized spacial score (nSPS) is 12.6. The van der Waals surface area contributed by atoms with Crippen LogP contribution in [0.3, 0.4) is 0 Å². The second-order valence-corrected chi connectivity index (χ2v) is 11.5. The van der Waals surface area contributed by atoms with Crippen LogP contribution >= 0.6 is 11.6 Å². The summed E-state index contributed by atoms with van der Waals surface area (Å²) in [6.07, 6.45) is -3.05. The van der Waals surface area contributed by atoms with Crippen molar-refractivity contribution in [2.24, 2.45) is 0 Å². The van der Waals surface area contributed by atoms with Crippen LogP contribution in [-0.4, -0.2) is 34.7 Å². The summed E-state index contributed by atoms with van der Waals surface area (Å²) in [5.41, 5.74) is 0.103. The number of aromatic nitrogens is 1. The third-order valence-electron chi connectivity index (χ3n) is 6.18. The van der Waals surface area contributed by atoms with Crippen molar-refractivity contribution >= 4 is 33.5 Å². The number of alkyl halides is 3. The lowest BCUT2D eigenvalue weighted by Crippen LogP contribution is -2.34. The first kappa shape index (κ1) is 30.7. The topological polar surface area (TPSA) is 117 Å². The van der Waals surface area contributed by atoms with Crippen molar-refractivity contribution < 1.29 is 36.3 Å². The van der Waals surface area contributed by atoms with Gasteiger partial charge in [0.15, 0.2) is 6.04 Å². The van der Waals surface area contributed by atoms with Crippen LogP contribution in [-0.2, 0) is 34.1 Å². The number of aliphatic carboxylic acids is 1. The first-order valence-corrected chi connectivity index (χ1v) is 14.1. The third kappa shape index (κ3) is 7.52. The van der Waals surface area contributed by atoms with Crippen LogP contribution in [0.5, 0.6) is 0 Å². The molecule has 0 aliphatic carbocycles. The number of sulfonamides is 1. The lowest BCUT2D eigenvalue weighted by atomic mass is 10.0. The van der Waals surface area contributed by atoms with E-state index >= 15 is 0 Å². The maximum Gasteiger partial charge on any atom is 0.416 e. The maximum absolute atomic E-state index is 13.5. The van der Waals surface area contributed by atoms with Gasteiger partial charge in [0.2, 0.25) is 10.0 Å². The Balaban J connectivity index is 1.53. The number of amides is 1. The molecule has 0 aliphatic heterocycles. The molecule has 0 saturated heterocycles. The van der Waals surface area contributed by atoms with Crippen LogP contribution in [0.15, 0.2) is 102 Å². The van der Waals surface area contributed by atoms with E-state index in [9.17, 15) is 36.3 Å². The van der Waals surface area contributed by atoms with E-state index in [4.69, 9.17) is 11.6 Å². The van der Waals surface area contributed by atoms with Gasteiger partial charge in [0.25, 0.3) is 5.91 Å².